The molecule has 0 aliphatic heterocycles. The molecule has 0 bridgehead atoms. The zero-order chi connectivity index (χ0) is 14.5. The molecule has 0 radical (unpaired) electrons. The second-order valence-electron chi connectivity index (χ2n) is 4.63. The summed E-state index contributed by atoms with van der Waals surface area (Å²) in [6, 6.07) is 5.66. The van der Waals surface area contributed by atoms with Gasteiger partial charge in [-0.1, -0.05) is 34.5 Å². The second-order valence-corrected chi connectivity index (χ2v) is 5.92. The first kappa shape index (κ1) is 15.5. The Morgan fingerprint density at radius 2 is 2.30 bits per heavy atom. The van der Waals surface area contributed by atoms with Gasteiger partial charge in [0.25, 0.3) is 0 Å². The standard InChI is InChI=1S/C14H18BrClN4/c1-2-6-20-7-5-18-14(20)9-13(19-17)11-8-10(16)3-4-12(11)15/h3-5,7-8,13,19H,2,6,9,17H2,1H3. The first-order valence-electron chi connectivity index (χ1n) is 6.56. The predicted molar refractivity (Wildman–Crippen MR) is 85.4 cm³/mol. The van der Waals surface area contributed by atoms with E-state index in [-0.39, 0.29) is 6.04 Å². The highest BCUT2D eigenvalue weighted by atomic mass is 79.9. The minimum absolute atomic E-state index is 0.0407. The van der Waals surface area contributed by atoms with Crippen LogP contribution in [0.15, 0.2) is 35.1 Å². The van der Waals surface area contributed by atoms with Crippen LogP contribution in [0.25, 0.3) is 0 Å². The molecule has 6 heteroatoms. The number of aryl methyl sites for hydroxylation is 1. The van der Waals surface area contributed by atoms with Gasteiger partial charge in [0.15, 0.2) is 0 Å². The number of nitrogens with zero attached hydrogens (tertiary/aromatic N) is 2. The first-order valence-corrected chi connectivity index (χ1v) is 7.74. The zero-order valence-corrected chi connectivity index (χ0v) is 13.7. The van der Waals surface area contributed by atoms with Crippen LogP contribution in [0, 0.1) is 0 Å². The molecule has 0 fully saturated rings. The first-order chi connectivity index (χ1) is 9.65. The minimum atomic E-state index is -0.0407. The number of imidazole rings is 1. The maximum Gasteiger partial charge on any atom is 0.110 e. The van der Waals surface area contributed by atoms with Crippen molar-refractivity contribution in [3.8, 4) is 0 Å². The van der Waals surface area contributed by atoms with Crippen molar-refractivity contribution in [1.29, 1.82) is 0 Å². The van der Waals surface area contributed by atoms with Crippen LogP contribution in [0.1, 0.15) is 30.8 Å². The van der Waals surface area contributed by atoms with Crippen LogP contribution < -0.4 is 11.3 Å². The lowest BCUT2D eigenvalue weighted by Crippen LogP contribution is -2.30. The van der Waals surface area contributed by atoms with Crippen LogP contribution in [-0.4, -0.2) is 9.55 Å². The van der Waals surface area contributed by atoms with E-state index in [1.807, 2.05) is 30.6 Å². The quantitative estimate of drug-likeness (QED) is 0.615. The van der Waals surface area contributed by atoms with Crippen LogP contribution in [0.5, 0.6) is 0 Å². The van der Waals surface area contributed by atoms with E-state index < -0.39 is 0 Å². The van der Waals surface area contributed by atoms with Gasteiger partial charge in [-0.3, -0.25) is 11.3 Å². The van der Waals surface area contributed by atoms with E-state index in [2.05, 4.69) is 37.8 Å². The molecule has 1 aromatic carbocycles. The normalized spacial score (nSPS) is 12.6. The highest BCUT2D eigenvalue weighted by Gasteiger charge is 2.17. The van der Waals surface area contributed by atoms with E-state index in [0.29, 0.717) is 11.4 Å². The van der Waals surface area contributed by atoms with E-state index in [1.54, 1.807) is 0 Å². The summed E-state index contributed by atoms with van der Waals surface area (Å²) in [5.41, 5.74) is 3.89. The molecule has 0 aliphatic rings. The summed E-state index contributed by atoms with van der Waals surface area (Å²) in [5, 5.41) is 0.695. The van der Waals surface area contributed by atoms with Crippen molar-refractivity contribution < 1.29 is 0 Å². The lowest BCUT2D eigenvalue weighted by molar-refractivity contribution is 0.515. The van der Waals surface area contributed by atoms with Gasteiger partial charge in [-0.05, 0) is 30.2 Å². The number of halogens is 2. The third kappa shape index (κ3) is 3.61. The van der Waals surface area contributed by atoms with E-state index in [4.69, 9.17) is 17.4 Å². The molecule has 4 nitrogen and oxygen atoms in total. The number of hydrogen-bond acceptors (Lipinski definition) is 3. The Hall–Kier alpha value is -0.880. The summed E-state index contributed by atoms with van der Waals surface area (Å²) in [7, 11) is 0. The highest BCUT2D eigenvalue weighted by molar-refractivity contribution is 9.10. The molecule has 108 valence electrons. The van der Waals surface area contributed by atoms with Crippen molar-refractivity contribution in [2.24, 2.45) is 5.84 Å². The number of nitrogens with two attached hydrogens (primary N) is 1. The Bertz CT molecular complexity index is 570. The maximum atomic E-state index is 6.07. The molecule has 0 spiro atoms. The van der Waals surface area contributed by atoms with Gasteiger partial charge in [0.2, 0.25) is 0 Å². The van der Waals surface area contributed by atoms with E-state index in [1.165, 1.54) is 0 Å². The van der Waals surface area contributed by atoms with Crippen LogP contribution in [0.4, 0.5) is 0 Å². The maximum absolute atomic E-state index is 6.07. The average molecular weight is 358 g/mol. The SMILES string of the molecule is CCCn1ccnc1CC(NN)c1cc(Cl)ccc1Br. The van der Waals surface area contributed by atoms with Gasteiger partial charge < -0.3 is 4.57 Å². The van der Waals surface area contributed by atoms with Gasteiger partial charge in [-0.25, -0.2) is 4.98 Å². The number of aromatic nitrogens is 2. The van der Waals surface area contributed by atoms with Crippen LogP contribution in [0.3, 0.4) is 0 Å². The second kappa shape index (κ2) is 7.22. The van der Waals surface area contributed by atoms with Crippen LogP contribution in [-0.2, 0) is 13.0 Å². The molecule has 0 amide bonds. The molecule has 0 saturated carbocycles. The monoisotopic (exact) mass is 356 g/mol. The number of hydrazine groups is 1. The predicted octanol–water partition coefficient (Wildman–Crippen LogP) is 3.46. The van der Waals surface area contributed by atoms with Crippen molar-refractivity contribution in [2.45, 2.75) is 32.4 Å². The number of hydrogen-bond donors (Lipinski definition) is 2. The lowest BCUT2D eigenvalue weighted by atomic mass is 10.0. The van der Waals surface area contributed by atoms with Gasteiger partial charge in [0.1, 0.15) is 5.82 Å². The van der Waals surface area contributed by atoms with Gasteiger partial charge in [0, 0.05) is 34.9 Å². The fraction of sp³-hybridized carbons (Fsp3) is 0.357. The largest absolute Gasteiger partial charge is 0.335 e. The average Bonchev–Trinajstić information content (AvgIpc) is 2.87. The smallest absolute Gasteiger partial charge is 0.110 e. The summed E-state index contributed by atoms with van der Waals surface area (Å²) in [6.45, 7) is 3.11. The number of nitrogens with one attached hydrogen (secondary N) is 1. The van der Waals surface area contributed by atoms with Crippen molar-refractivity contribution in [3.05, 3.63) is 51.5 Å². The summed E-state index contributed by atoms with van der Waals surface area (Å²) < 4.78 is 3.14. The highest BCUT2D eigenvalue weighted by Crippen LogP contribution is 2.28. The van der Waals surface area contributed by atoms with Gasteiger partial charge >= 0.3 is 0 Å². The summed E-state index contributed by atoms with van der Waals surface area (Å²) in [5.74, 6) is 6.73. The fourth-order valence-corrected chi connectivity index (χ4v) is 2.90. The Morgan fingerprint density at radius 3 is 3.00 bits per heavy atom. The summed E-state index contributed by atoms with van der Waals surface area (Å²) >= 11 is 9.61. The Balaban J connectivity index is 2.24. The lowest BCUT2D eigenvalue weighted by Gasteiger charge is -2.18. The Morgan fingerprint density at radius 1 is 1.50 bits per heavy atom. The third-order valence-corrected chi connectivity index (χ3v) is 4.14. The number of rotatable bonds is 6. The molecule has 1 atom stereocenters. The molecule has 1 heterocycles. The van der Waals surface area contributed by atoms with Crippen molar-refractivity contribution in [3.63, 3.8) is 0 Å². The van der Waals surface area contributed by atoms with Crippen molar-refractivity contribution in [1.82, 2.24) is 15.0 Å². The van der Waals surface area contributed by atoms with E-state index >= 15 is 0 Å². The van der Waals surface area contributed by atoms with Crippen molar-refractivity contribution >= 4 is 27.5 Å². The Labute approximate surface area is 132 Å². The summed E-state index contributed by atoms with van der Waals surface area (Å²) in [4.78, 5) is 4.42. The molecular formula is C14H18BrClN4. The molecule has 3 N–H and O–H groups in total. The topological polar surface area (TPSA) is 55.9 Å². The minimum Gasteiger partial charge on any atom is -0.335 e. The van der Waals surface area contributed by atoms with E-state index in [0.717, 1.165) is 28.8 Å². The van der Waals surface area contributed by atoms with Gasteiger partial charge in [0.05, 0.1) is 6.04 Å². The Kier molecular flexibility index (Phi) is 5.60. The third-order valence-electron chi connectivity index (χ3n) is 3.19. The van der Waals surface area contributed by atoms with Crippen molar-refractivity contribution in [2.75, 3.05) is 0 Å². The fourth-order valence-electron chi connectivity index (χ4n) is 2.20. The van der Waals surface area contributed by atoms with E-state index in [9.17, 15) is 0 Å². The van der Waals surface area contributed by atoms with Crippen LogP contribution >= 0.6 is 27.5 Å². The summed E-state index contributed by atoms with van der Waals surface area (Å²) in [6.07, 6.45) is 5.61. The van der Waals surface area contributed by atoms with Crippen LogP contribution in [0.2, 0.25) is 5.02 Å². The molecule has 20 heavy (non-hydrogen) atoms. The molecule has 1 aromatic heterocycles. The number of benzene rings is 1. The molecule has 0 saturated heterocycles. The molecule has 0 aliphatic carbocycles. The van der Waals surface area contributed by atoms with Gasteiger partial charge in [-0.15, -0.1) is 0 Å². The molecule has 2 aromatic rings. The van der Waals surface area contributed by atoms with Gasteiger partial charge in [-0.2, -0.15) is 0 Å². The molecule has 1 unspecified atom stereocenters. The zero-order valence-electron chi connectivity index (χ0n) is 11.3. The molecular weight excluding hydrogens is 340 g/mol. The molecule has 2 rings (SSSR count).